The number of aliphatic hydroxyl groups excluding tert-OH is 1. The van der Waals surface area contributed by atoms with Crippen molar-refractivity contribution in [1.29, 1.82) is 0 Å². The second-order valence-corrected chi connectivity index (χ2v) is 7.79. The number of hydrogen-bond acceptors (Lipinski definition) is 7. The van der Waals surface area contributed by atoms with Gasteiger partial charge in [0.2, 0.25) is 0 Å². The number of rotatable bonds is 6. The molecule has 166 valence electrons. The highest BCUT2D eigenvalue weighted by Crippen LogP contribution is 2.41. The Morgan fingerprint density at radius 3 is 2.78 bits per heavy atom. The number of aliphatic hydroxyl groups is 1. The summed E-state index contributed by atoms with van der Waals surface area (Å²) in [5.74, 6) is -1.26. The Morgan fingerprint density at radius 1 is 1.28 bits per heavy atom. The van der Waals surface area contributed by atoms with Gasteiger partial charge in [0.15, 0.2) is 0 Å². The molecule has 1 amide bonds. The number of hydrogen-bond donors (Lipinski definition) is 1. The van der Waals surface area contributed by atoms with E-state index in [0.29, 0.717) is 23.3 Å². The van der Waals surface area contributed by atoms with Crippen LogP contribution in [0, 0.1) is 10.1 Å². The lowest BCUT2D eigenvalue weighted by molar-refractivity contribution is -0.384. The van der Waals surface area contributed by atoms with Crippen molar-refractivity contribution >= 4 is 23.1 Å². The molecule has 0 radical (unpaired) electrons. The van der Waals surface area contributed by atoms with Crippen LogP contribution >= 0.6 is 0 Å². The maximum Gasteiger partial charge on any atom is 0.295 e. The van der Waals surface area contributed by atoms with Gasteiger partial charge in [0.05, 0.1) is 23.1 Å². The van der Waals surface area contributed by atoms with Crippen molar-refractivity contribution in [2.24, 2.45) is 0 Å². The number of ketones is 1. The number of non-ortho nitro benzene ring substituents is 1. The Kier molecular flexibility index (Phi) is 5.67. The molecule has 1 N–H and O–H groups in total. The van der Waals surface area contributed by atoms with E-state index in [4.69, 9.17) is 9.47 Å². The molecule has 32 heavy (non-hydrogen) atoms. The summed E-state index contributed by atoms with van der Waals surface area (Å²) in [7, 11) is 1.46. The van der Waals surface area contributed by atoms with Crippen molar-refractivity contribution in [1.82, 2.24) is 4.90 Å². The summed E-state index contributed by atoms with van der Waals surface area (Å²) in [4.78, 5) is 37.8. The molecule has 9 heteroatoms. The van der Waals surface area contributed by atoms with Crippen LogP contribution in [-0.2, 0) is 20.7 Å². The fraction of sp³-hybridized carbons (Fsp3) is 0.304. The van der Waals surface area contributed by atoms with Crippen LogP contribution in [0.5, 0.6) is 5.75 Å². The van der Waals surface area contributed by atoms with E-state index in [1.807, 2.05) is 6.92 Å². The number of nitrogens with zero attached hydrogens (tertiary/aromatic N) is 2. The van der Waals surface area contributed by atoms with Crippen LogP contribution in [0.15, 0.2) is 48.0 Å². The Labute approximate surface area is 184 Å². The molecule has 2 atom stereocenters. The SMILES string of the molecule is COCCN1C(=O)C(=O)/C(=C(/O)c2ccc3c(c2)CC(C)O3)C1c1cccc([N+](=O)[O-])c1. The first kappa shape index (κ1) is 21.5. The quantitative estimate of drug-likeness (QED) is 0.242. The molecule has 0 spiro atoms. The number of amides is 1. The minimum atomic E-state index is -0.978. The van der Waals surface area contributed by atoms with Gasteiger partial charge in [-0.3, -0.25) is 19.7 Å². The van der Waals surface area contributed by atoms with Crippen molar-refractivity contribution < 1.29 is 29.1 Å². The van der Waals surface area contributed by atoms with Crippen LogP contribution in [0.25, 0.3) is 5.76 Å². The Balaban J connectivity index is 1.85. The Bertz CT molecular complexity index is 1140. The molecule has 2 heterocycles. The smallest absolute Gasteiger partial charge is 0.295 e. The minimum Gasteiger partial charge on any atom is -0.507 e. The number of nitro groups is 1. The summed E-state index contributed by atoms with van der Waals surface area (Å²) in [6.45, 7) is 2.18. The number of likely N-dealkylation sites (tertiary alicyclic amines) is 1. The molecule has 2 aromatic rings. The van der Waals surface area contributed by atoms with Gasteiger partial charge in [0.1, 0.15) is 17.6 Å². The summed E-state index contributed by atoms with van der Waals surface area (Å²) in [5, 5.41) is 22.4. The largest absolute Gasteiger partial charge is 0.507 e. The third kappa shape index (κ3) is 3.71. The van der Waals surface area contributed by atoms with Crippen LogP contribution in [-0.4, -0.2) is 53.0 Å². The van der Waals surface area contributed by atoms with Crippen LogP contribution in [0.2, 0.25) is 0 Å². The number of nitro benzene ring substituents is 1. The second kappa shape index (κ2) is 8.43. The molecular formula is C23H22N2O7. The fourth-order valence-corrected chi connectivity index (χ4v) is 4.18. The maximum absolute atomic E-state index is 13.0. The van der Waals surface area contributed by atoms with Gasteiger partial charge in [0, 0.05) is 37.8 Å². The van der Waals surface area contributed by atoms with Gasteiger partial charge in [-0.2, -0.15) is 0 Å². The Hall–Kier alpha value is -3.72. The van der Waals surface area contributed by atoms with Gasteiger partial charge in [-0.1, -0.05) is 12.1 Å². The number of benzene rings is 2. The highest BCUT2D eigenvalue weighted by atomic mass is 16.6. The molecule has 0 aliphatic carbocycles. The standard InChI is InChI=1S/C23H22N2O7/c1-13-10-16-11-15(6-7-18(16)32-13)21(26)19-20(14-4-3-5-17(12-14)25(29)30)24(8-9-31-2)23(28)22(19)27/h3-7,11-13,20,26H,8-10H2,1-2H3/b21-19+. The third-order valence-electron chi connectivity index (χ3n) is 5.64. The number of carbonyl (C=O) groups excluding carboxylic acids is 2. The van der Waals surface area contributed by atoms with Crippen molar-refractivity contribution in [2.75, 3.05) is 20.3 Å². The first-order valence-corrected chi connectivity index (χ1v) is 10.1. The molecule has 1 fully saturated rings. The number of fused-ring (bicyclic) bond motifs is 1. The highest BCUT2D eigenvalue weighted by molar-refractivity contribution is 6.46. The van der Waals surface area contributed by atoms with E-state index in [0.717, 1.165) is 5.56 Å². The van der Waals surface area contributed by atoms with E-state index in [9.17, 15) is 24.8 Å². The van der Waals surface area contributed by atoms with E-state index >= 15 is 0 Å². The molecule has 2 aromatic carbocycles. The zero-order chi connectivity index (χ0) is 23.0. The number of methoxy groups -OCH3 is 1. The summed E-state index contributed by atoms with van der Waals surface area (Å²) in [6.07, 6.45) is 0.666. The lowest BCUT2D eigenvalue weighted by atomic mass is 9.94. The first-order chi connectivity index (χ1) is 15.3. The van der Waals surface area contributed by atoms with E-state index in [2.05, 4.69) is 0 Å². The summed E-state index contributed by atoms with van der Waals surface area (Å²) in [6, 6.07) is 9.81. The van der Waals surface area contributed by atoms with E-state index in [-0.39, 0.29) is 36.3 Å². The molecule has 2 aliphatic heterocycles. The van der Waals surface area contributed by atoms with Gasteiger partial charge in [0.25, 0.3) is 17.4 Å². The monoisotopic (exact) mass is 438 g/mol. The fourth-order valence-electron chi connectivity index (χ4n) is 4.18. The molecule has 0 aromatic heterocycles. The normalized spacial score (nSPS) is 21.5. The molecule has 2 aliphatic rings. The number of carbonyl (C=O) groups is 2. The summed E-state index contributed by atoms with van der Waals surface area (Å²) in [5.41, 5.74) is 1.33. The minimum absolute atomic E-state index is 0.00638. The average Bonchev–Trinajstić information content (AvgIpc) is 3.27. The number of ether oxygens (including phenoxy) is 2. The summed E-state index contributed by atoms with van der Waals surface area (Å²) >= 11 is 0. The lowest BCUT2D eigenvalue weighted by Crippen LogP contribution is -2.32. The van der Waals surface area contributed by atoms with E-state index in [1.165, 1.54) is 30.2 Å². The van der Waals surface area contributed by atoms with Crippen molar-refractivity contribution in [2.45, 2.75) is 25.5 Å². The number of Topliss-reactive ketones (excluding diaryl/α,β-unsaturated/α-hetero) is 1. The van der Waals surface area contributed by atoms with Crippen molar-refractivity contribution in [3.63, 3.8) is 0 Å². The van der Waals surface area contributed by atoms with Crippen molar-refractivity contribution in [3.05, 3.63) is 74.8 Å². The average molecular weight is 438 g/mol. The summed E-state index contributed by atoms with van der Waals surface area (Å²) < 4.78 is 10.8. The topological polar surface area (TPSA) is 119 Å². The molecule has 0 saturated carbocycles. The van der Waals surface area contributed by atoms with Crippen LogP contribution in [0.3, 0.4) is 0 Å². The Morgan fingerprint density at radius 2 is 2.06 bits per heavy atom. The first-order valence-electron chi connectivity index (χ1n) is 10.1. The predicted molar refractivity (Wildman–Crippen MR) is 114 cm³/mol. The van der Waals surface area contributed by atoms with E-state index < -0.39 is 22.7 Å². The predicted octanol–water partition coefficient (Wildman–Crippen LogP) is 2.99. The molecular weight excluding hydrogens is 416 g/mol. The van der Waals surface area contributed by atoms with Gasteiger partial charge >= 0.3 is 0 Å². The zero-order valence-corrected chi connectivity index (χ0v) is 17.6. The second-order valence-electron chi connectivity index (χ2n) is 7.79. The van der Waals surface area contributed by atoms with Crippen LogP contribution < -0.4 is 4.74 Å². The lowest BCUT2D eigenvalue weighted by Gasteiger charge is -2.25. The molecule has 1 saturated heterocycles. The van der Waals surface area contributed by atoms with Gasteiger partial charge in [-0.15, -0.1) is 0 Å². The highest BCUT2D eigenvalue weighted by Gasteiger charge is 2.46. The van der Waals surface area contributed by atoms with Crippen LogP contribution in [0.4, 0.5) is 5.69 Å². The maximum atomic E-state index is 13.0. The molecule has 2 unspecified atom stereocenters. The third-order valence-corrected chi connectivity index (χ3v) is 5.64. The van der Waals surface area contributed by atoms with E-state index in [1.54, 1.807) is 24.3 Å². The van der Waals surface area contributed by atoms with Crippen LogP contribution in [0.1, 0.15) is 29.7 Å². The molecule has 4 rings (SSSR count). The van der Waals surface area contributed by atoms with Gasteiger partial charge in [-0.05, 0) is 36.2 Å². The van der Waals surface area contributed by atoms with Gasteiger partial charge in [-0.25, -0.2) is 0 Å². The van der Waals surface area contributed by atoms with Crippen molar-refractivity contribution in [3.8, 4) is 5.75 Å². The molecule has 0 bridgehead atoms. The van der Waals surface area contributed by atoms with Gasteiger partial charge < -0.3 is 19.5 Å². The molecule has 9 nitrogen and oxygen atoms in total. The zero-order valence-electron chi connectivity index (χ0n) is 17.6.